The van der Waals surface area contributed by atoms with E-state index in [0.717, 1.165) is 32.5 Å². The monoisotopic (exact) mass is 406 g/mol. The number of benzene rings is 1. The molecule has 156 valence electrons. The van der Waals surface area contributed by atoms with E-state index in [1.54, 1.807) is 17.1 Å². The second-order valence-electron chi connectivity index (χ2n) is 8.69. The second kappa shape index (κ2) is 7.36. The number of aromatic nitrogens is 4. The second-order valence-corrected chi connectivity index (χ2v) is 8.69. The van der Waals surface area contributed by atoms with Crippen LogP contribution in [0, 0.1) is 12.8 Å². The Morgan fingerprint density at radius 3 is 2.87 bits per heavy atom. The van der Waals surface area contributed by atoms with Crippen molar-refractivity contribution in [1.29, 1.82) is 0 Å². The maximum Gasteiger partial charge on any atom is 0.271 e. The molecule has 1 saturated heterocycles. The van der Waals surface area contributed by atoms with Gasteiger partial charge in [0.25, 0.3) is 5.91 Å². The number of nitrogens with one attached hydrogen (secondary N) is 1. The summed E-state index contributed by atoms with van der Waals surface area (Å²) in [6.45, 7) is 4.55. The number of hydrogen-bond donors (Lipinski definition) is 1. The van der Waals surface area contributed by atoms with Crippen molar-refractivity contribution in [3.63, 3.8) is 0 Å². The molecule has 0 unspecified atom stereocenters. The number of nitrogens with zero attached hydrogens (tertiary/aromatic N) is 5. The topological polar surface area (TPSA) is 89.1 Å². The van der Waals surface area contributed by atoms with Crippen molar-refractivity contribution in [3.05, 3.63) is 65.8 Å². The van der Waals surface area contributed by atoms with Gasteiger partial charge in [-0.3, -0.25) is 9.69 Å². The van der Waals surface area contributed by atoms with Gasteiger partial charge >= 0.3 is 0 Å². The number of likely N-dealkylation sites (tertiary alicyclic amines) is 1. The lowest BCUT2D eigenvalue weighted by Gasteiger charge is -2.25. The molecule has 3 heterocycles. The van der Waals surface area contributed by atoms with Gasteiger partial charge in [-0.1, -0.05) is 35.5 Å². The fourth-order valence-electron chi connectivity index (χ4n) is 5.17. The van der Waals surface area contributed by atoms with Gasteiger partial charge in [0.15, 0.2) is 5.82 Å². The van der Waals surface area contributed by atoms with Crippen LogP contribution in [-0.2, 0) is 19.0 Å². The highest BCUT2D eigenvalue weighted by Gasteiger charge is 2.57. The van der Waals surface area contributed by atoms with Crippen molar-refractivity contribution in [2.45, 2.75) is 37.8 Å². The van der Waals surface area contributed by atoms with E-state index in [0.29, 0.717) is 23.3 Å². The molecule has 1 N–H and O–H groups in total. The molecule has 30 heavy (non-hydrogen) atoms. The molecule has 1 aromatic carbocycles. The molecule has 2 aliphatic rings. The van der Waals surface area contributed by atoms with E-state index in [1.165, 1.54) is 5.56 Å². The molecular weight excluding hydrogens is 380 g/mol. The summed E-state index contributed by atoms with van der Waals surface area (Å²) >= 11 is 0. The SMILES string of the molecule is Cc1noc([C@]23C[C@H](NC(=O)c4cn(C)cn4)C[C@H]2CN(Cc2ccccc2)C3)n1. The zero-order chi connectivity index (χ0) is 20.7. The Balaban J connectivity index is 1.35. The molecule has 0 spiro atoms. The van der Waals surface area contributed by atoms with Crippen molar-refractivity contribution >= 4 is 5.91 Å². The fraction of sp³-hybridized carbons (Fsp3) is 0.455. The number of fused-ring (bicyclic) bond motifs is 1. The molecule has 0 radical (unpaired) electrons. The summed E-state index contributed by atoms with van der Waals surface area (Å²) in [5.74, 6) is 1.59. The third kappa shape index (κ3) is 3.41. The van der Waals surface area contributed by atoms with E-state index in [1.807, 2.05) is 20.0 Å². The molecule has 2 fully saturated rings. The first-order chi connectivity index (χ1) is 14.5. The summed E-state index contributed by atoms with van der Waals surface area (Å²) < 4.78 is 7.46. The molecule has 1 aliphatic heterocycles. The molecule has 8 heteroatoms. The Morgan fingerprint density at radius 2 is 2.17 bits per heavy atom. The van der Waals surface area contributed by atoms with E-state index in [-0.39, 0.29) is 17.4 Å². The quantitative estimate of drug-likeness (QED) is 0.698. The van der Waals surface area contributed by atoms with Gasteiger partial charge in [0.2, 0.25) is 5.89 Å². The van der Waals surface area contributed by atoms with Crippen LogP contribution in [0.4, 0.5) is 0 Å². The van der Waals surface area contributed by atoms with Crippen LogP contribution in [0.5, 0.6) is 0 Å². The van der Waals surface area contributed by atoms with Gasteiger partial charge in [-0.15, -0.1) is 0 Å². The zero-order valence-electron chi connectivity index (χ0n) is 17.3. The van der Waals surface area contributed by atoms with Gasteiger partial charge in [0, 0.05) is 38.9 Å². The van der Waals surface area contributed by atoms with Gasteiger partial charge in [0.05, 0.1) is 11.7 Å². The number of carbonyl (C=O) groups excluding carboxylic acids is 1. The minimum Gasteiger partial charge on any atom is -0.348 e. The molecule has 1 amide bonds. The minimum atomic E-state index is -0.224. The van der Waals surface area contributed by atoms with E-state index in [2.05, 4.69) is 49.6 Å². The van der Waals surface area contributed by atoms with Crippen molar-refractivity contribution in [3.8, 4) is 0 Å². The summed E-state index contributed by atoms with van der Waals surface area (Å²) in [6.07, 6.45) is 5.07. The van der Waals surface area contributed by atoms with Crippen molar-refractivity contribution < 1.29 is 9.32 Å². The van der Waals surface area contributed by atoms with Gasteiger partial charge in [-0.2, -0.15) is 4.98 Å². The van der Waals surface area contributed by atoms with Crippen LogP contribution in [0.15, 0.2) is 47.4 Å². The van der Waals surface area contributed by atoms with E-state index < -0.39 is 0 Å². The average Bonchev–Trinajstić information content (AvgIpc) is 3.46. The average molecular weight is 406 g/mol. The lowest BCUT2D eigenvalue weighted by Crippen LogP contribution is -2.38. The third-order valence-corrected chi connectivity index (χ3v) is 6.42. The van der Waals surface area contributed by atoms with Crippen molar-refractivity contribution in [1.82, 2.24) is 29.9 Å². The largest absolute Gasteiger partial charge is 0.348 e. The van der Waals surface area contributed by atoms with Gasteiger partial charge < -0.3 is 14.4 Å². The van der Waals surface area contributed by atoms with Gasteiger partial charge in [0.1, 0.15) is 5.69 Å². The van der Waals surface area contributed by atoms with Gasteiger partial charge in [-0.05, 0) is 31.2 Å². The van der Waals surface area contributed by atoms with Crippen LogP contribution < -0.4 is 5.32 Å². The summed E-state index contributed by atoms with van der Waals surface area (Å²) in [6, 6.07) is 10.6. The molecule has 5 rings (SSSR count). The molecular formula is C22H26N6O2. The van der Waals surface area contributed by atoms with Crippen LogP contribution in [-0.4, -0.2) is 49.6 Å². The fourth-order valence-corrected chi connectivity index (χ4v) is 5.17. The smallest absolute Gasteiger partial charge is 0.271 e. The third-order valence-electron chi connectivity index (χ3n) is 6.42. The Kier molecular flexibility index (Phi) is 4.66. The van der Waals surface area contributed by atoms with Crippen LogP contribution in [0.3, 0.4) is 0 Å². The van der Waals surface area contributed by atoms with Gasteiger partial charge in [-0.25, -0.2) is 4.98 Å². The van der Waals surface area contributed by atoms with Crippen LogP contribution in [0.2, 0.25) is 0 Å². The molecule has 0 bridgehead atoms. The zero-order valence-corrected chi connectivity index (χ0v) is 17.3. The maximum absolute atomic E-state index is 12.6. The number of carbonyl (C=O) groups is 1. The number of imidazole rings is 1. The first kappa shape index (κ1) is 19.0. The van der Waals surface area contributed by atoms with E-state index >= 15 is 0 Å². The molecule has 1 saturated carbocycles. The van der Waals surface area contributed by atoms with Crippen LogP contribution >= 0.6 is 0 Å². The minimum absolute atomic E-state index is 0.0654. The first-order valence-corrected chi connectivity index (χ1v) is 10.4. The number of amides is 1. The lowest BCUT2D eigenvalue weighted by atomic mass is 9.80. The van der Waals surface area contributed by atoms with Crippen LogP contribution in [0.25, 0.3) is 0 Å². The van der Waals surface area contributed by atoms with E-state index in [4.69, 9.17) is 4.52 Å². The Morgan fingerprint density at radius 1 is 1.33 bits per heavy atom. The van der Waals surface area contributed by atoms with Crippen molar-refractivity contribution in [2.24, 2.45) is 13.0 Å². The summed E-state index contributed by atoms with van der Waals surface area (Å²) in [4.78, 5) is 23.9. The Labute approximate surface area is 175 Å². The number of rotatable bonds is 5. The van der Waals surface area contributed by atoms with Crippen molar-refractivity contribution in [2.75, 3.05) is 13.1 Å². The lowest BCUT2D eigenvalue weighted by molar-refractivity contribution is 0.0929. The maximum atomic E-state index is 12.6. The highest BCUT2D eigenvalue weighted by Crippen LogP contribution is 2.50. The number of aryl methyl sites for hydroxylation is 2. The molecule has 8 nitrogen and oxygen atoms in total. The summed E-state index contributed by atoms with van der Waals surface area (Å²) in [5.41, 5.74) is 1.52. The highest BCUT2D eigenvalue weighted by atomic mass is 16.5. The normalized spacial score (nSPS) is 26.1. The molecule has 2 aromatic heterocycles. The Bertz CT molecular complexity index is 1040. The highest BCUT2D eigenvalue weighted by molar-refractivity contribution is 5.92. The summed E-state index contributed by atoms with van der Waals surface area (Å²) in [5, 5.41) is 7.24. The molecule has 3 atom stereocenters. The standard InChI is InChI=1S/C22H26N6O2/c1-15-24-21(30-26-15)22-9-18(25-20(29)19-12-27(2)14-23-19)8-17(22)11-28(13-22)10-16-6-4-3-5-7-16/h3-7,12,14,17-18H,8-11,13H2,1-2H3,(H,25,29)/t17-,18+,22-/m0/s1. The van der Waals surface area contributed by atoms with Crippen LogP contribution in [0.1, 0.15) is 40.6 Å². The molecule has 1 aliphatic carbocycles. The first-order valence-electron chi connectivity index (χ1n) is 10.4. The Hall–Kier alpha value is -3.00. The molecule has 3 aromatic rings. The predicted octanol–water partition coefficient (Wildman–Crippen LogP) is 2.07. The van der Waals surface area contributed by atoms with E-state index in [9.17, 15) is 4.79 Å². The summed E-state index contributed by atoms with van der Waals surface area (Å²) in [7, 11) is 1.86. The predicted molar refractivity (Wildman–Crippen MR) is 110 cm³/mol. The number of hydrogen-bond acceptors (Lipinski definition) is 6.